The molecule has 1 aliphatic heterocycles. The Hall–Kier alpha value is -3.18. The summed E-state index contributed by atoms with van der Waals surface area (Å²) in [4.78, 5) is 29.1. The fraction of sp³-hybridized carbons (Fsp3) is 0.516. The molecule has 2 aromatic carbocycles. The number of carbonyl (C=O) groups is 2. The first kappa shape index (κ1) is 28.8. The van der Waals surface area contributed by atoms with Crippen LogP contribution < -0.4 is 10.2 Å². The van der Waals surface area contributed by atoms with E-state index in [-0.39, 0.29) is 35.6 Å². The number of rotatable bonds is 6. The van der Waals surface area contributed by atoms with Crippen molar-refractivity contribution < 1.29 is 14.3 Å². The molecule has 208 valence electrons. The summed E-state index contributed by atoms with van der Waals surface area (Å²) in [7, 11) is 0. The lowest BCUT2D eigenvalue weighted by atomic mass is 9.75. The van der Waals surface area contributed by atoms with Crippen LogP contribution in [0.15, 0.2) is 48.5 Å². The first-order valence-corrected chi connectivity index (χ1v) is 14.4. The van der Waals surface area contributed by atoms with E-state index in [1.165, 1.54) is 0 Å². The van der Waals surface area contributed by atoms with E-state index < -0.39 is 5.60 Å². The third-order valence-electron chi connectivity index (χ3n) is 7.65. The Labute approximate surface area is 237 Å². The van der Waals surface area contributed by atoms with E-state index in [0.717, 1.165) is 61.2 Å². The number of hydrogen-bond donors (Lipinski definition) is 2. The number of carbonyl (C=O) groups excluding carboxylic acids is 2. The Bertz CT molecular complexity index is 1160. The van der Waals surface area contributed by atoms with Gasteiger partial charge in [0.2, 0.25) is 5.91 Å². The van der Waals surface area contributed by atoms with Gasteiger partial charge in [-0.3, -0.25) is 4.79 Å². The van der Waals surface area contributed by atoms with E-state index in [1.807, 2.05) is 26.8 Å². The van der Waals surface area contributed by atoms with Crippen LogP contribution in [0.25, 0.3) is 11.1 Å². The third-order valence-corrected chi connectivity index (χ3v) is 8.33. The molecule has 39 heavy (non-hydrogen) atoms. The van der Waals surface area contributed by atoms with E-state index in [2.05, 4.69) is 58.7 Å². The maximum absolute atomic E-state index is 12.7. The van der Waals surface area contributed by atoms with Gasteiger partial charge in [0.1, 0.15) is 12.1 Å². The number of amides is 2. The molecule has 1 heterocycles. The quantitative estimate of drug-likeness (QED) is 0.351. The molecule has 0 radical (unpaired) electrons. The monoisotopic (exact) mass is 548 g/mol. The predicted molar refractivity (Wildman–Crippen MR) is 158 cm³/mol. The highest BCUT2D eigenvalue weighted by molar-refractivity contribution is 7.80. The van der Waals surface area contributed by atoms with Crippen molar-refractivity contribution in [1.82, 2.24) is 10.2 Å². The van der Waals surface area contributed by atoms with Crippen LogP contribution in [0.4, 0.5) is 10.5 Å². The molecular formula is C31H40N4O3S. The summed E-state index contributed by atoms with van der Waals surface area (Å²) in [6.07, 6.45) is 3.71. The molecule has 4 rings (SSSR count). The fourth-order valence-electron chi connectivity index (χ4n) is 5.58. The Morgan fingerprint density at radius 2 is 1.59 bits per heavy atom. The molecule has 1 N–H and O–H groups in total. The molecule has 7 nitrogen and oxygen atoms in total. The summed E-state index contributed by atoms with van der Waals surface area (Å²) in [5.74, 6) is 0.0257. The molecule has 0 spiro atoms. The summed E-state index contributed by atoms with van der Waals surface area (Å²) in [5, 5.41) is 11.6. The number of nitriles is 1. The van der Waals surface area contributed by atoms with Crippen LogP contribution in [0, 0.1) is 23.2 Å². The average Bonchev–Trinajstić information content (AvgIpc) is 2.95. The second-order valence-corrected chi connectivity index (χ2v) is 12.1. The first-order valence-electron chi connectivity index (χ1n) is 13.9. The minimum atomic E-state index is -0.483. The van der Waals surface area contributed by atoms with E-state index in [1.54, 1.807) is 4.90 Å². The van der Waals surface area contributed by atoms with E-state index >= 15 is 0 Å². The van der Waals surface area contributed by atoms with Gasteiger partial charge in [-0.25, -0.2) is 4.79 Å². The van der Waals surface area contributed by atoms with Crippen LogP contribution in [0.1, 0.15) is 57.3 Å². The summed E-state index contributed by atoms with van der Waals surface area (Å²) >= 11 is 4.96. The smallest absolute Gasteiger partial charge is 0.410 e. The van der Waals surface area contributed by atoms with Gasteiger partial charge in [-0.1, -0.05) is 49.2 Å². The van der Waals surface area contributed by atoms with E-state index in [0.29, 0.717) is 13.1 Å². The van der Waals surface area contributed by atoms with Gasteiger partial charge in [-0.2, -0.15) is 17.9 Å². The lowest BCUT2D eigenvalue weighted by molar-refractivity contribution is -0.127. The number of ether oxygens (including phenoxy) is 1. The Kier molecular flexibility index (Phi) is 9.45. The number of thiol groups is 1. The van der Waals surface area contributed by atoms with Crippen molar-refractivity contribution in [2.45, 2.75) is 57.3 Å². The van der Waals surface area contributed by atoms with Gasteiger partial charge < -0.3 is 19.9 Å². The van der Waals surface area contributed by atoms with Crippen LogP contribution in [-0.4, -0.2) is 55.2 Å². The maximum atomic E-state index is 12.7. The molecule has 1 aliphatic carbocycles. The molecule has 1 unspecified atom stereocenters. The Morgan fingerprint density at radius 3 is 2.18 bits per heavy atom. The Balaban J connectivity index is 1.36. The van der Waals surface area contributed by atoms with Gasteiger partial charge in [0.05, 0.1) is 6.07 Å². The minimum Gasteiger partial charge on any atom is -0.444 e. The van der Waals surface area contributed by atoms with Crippen LogP contribution >= 0.6 is 12.6 Å². The topological polar surface area (TPSA) is 85.7 Å². The lowest BCUT2D eigenvalue weighted by Gasteiger charge is -2.36. The Morgan fingerprint density at radius 1 is 1.00 bits per heavy atom. The standard InChI is InChI=1S/C31H40N4O3S/c1-31(2,3)38-30(37)35-20-18-34(19-21-35)25-14-12-23(13-15-25)22-8-10-24(11-9-22)28(39)26-6-4-5-7-27(26)29(36)33-17-16-32/h8-15,26-28,39H,4-7,17-21H2,1-3H3,(H,33,36)/t26-,27-,28?/m0/s1. The molecule has 0 aromatic heterocycles. The highest BCUT2D eigenvalue weighted by Crippen LogP contribution is 2.42. The zero-order chi connectivity index (χ0) is 28.0. The molecule has 2 amide bonds. The van der Waals surface area contributed by atoms with Crippen molar-refractivity contribution in [2.75, 3.05) is 37.6 Å². The molecule has 2 aromatic rings. The van der Waals surface area contributed by atoms with Crippen LogP contribution in [0.3, 0.4) is 0 Å². The van der Waals surface area contributed by atoms with Gasteiger partial charge in [0, 0.05) is 43.0 Å². The summed E-state index contributed by atoms with van der Waals surface area (Å²) in [6, 6.07) is 19.0. The van der Waals surface area contributed by atoms with Crippen LogP contribution in [0.5, 0.6) is 0 Å². The highest BCUT2D eigenvalue weighted by Gasteiger charge is 2.35. The van der Waals surface area contributed by atoms with Crippen molar-refractivity contribution in [3.63, 3.8) is 0 Å². The van der Waals surface area contributed by atoms with Crippen LogP contribution in [0.2, 0.25) is 0 Å². The van der Waals surface area contributed by atoms with Gasteiger partial charge >= 0.3 is 6.09 Å². The second kappa shape index (κ2) is 12.8. The van der Waals surface area contributed by atoms with Gasteiger partial charge in [0.15, 0.2) is 0 Å². The molecule has 3 atom stereocenters. The number of hydrogen-bond acceptors (Lipinski definition) is 6. The zero-order valence-corrected chi connectivity index (χ0v) is 24.1. The van der Waals surface area contributed by atoms with Crippen molar-refractivity contribution in [2.24, 2.45) is 11.8 Å². The molecule has 1 saturated carbocycles. The summed E-state index contributed by atoms with van der Waals surface area (Å²) in [6.45, 7) is 8.55. The predicted octanol–water partition coefficient (Wildman–Crippen LogP) is 5.83. The number of nitrogens with one attached hydrogen (secondary N) is 1. The number of benzene rings is 2. The zero-order valence-electron chi connectivity index (χ0n) is 23.2. The molecule has 8 heteroatoms. The van der Waals surface area contributed by atoms with Crippen molar-refractivity contribution in [3.05, 3.63) is 54.1 Å². The minimum absolute atomic E-state index is 0.0248. The largest absolute Gasteiger partial charge is 0.444 e. The van der Waals surface area contributed by atoms with Crippen LogP contribution in [-0.2, 0) is 9.53 Å². The summed E-state index contributed by atoms with van der Waals surface area (Å²) in [5.41, 5.74) is 4.05. The fourth-order valence-corrected chi connectivity index (χ4v) is 6.11. The molecular weight excluding hydrogens is 508 g/mol. The number of piperazine rings is 1. The van der Waals surface area contributed by atoms with Crippen molar-refractivity contribution in [1.29, 1.82) is 5.26 Å². The SMILES string of the molecule is CC(C)(C)OC(=O)N1CCN(c2ccc(-c3ccc(C(S)[C@H]4CCCC[C@@H]4C(=O)NCC#N)cc3)cc2)CC1. The number of nitrogens with zero attached hydrogens (tertiary/aromatic N) is 3. The number of anilines is 1. The van der Waals surface area contributed by atoms with Gasteiger partial charge in [-0.05, 0) is 68.4 Å². The first-order chi connectivity index (χ1) is 18.7. The van der Waals surface area contributed by atoms with Crippen molar-refractivity contribution in [3.8, 4) is 17.2 Å². The second-order valence-electron chi connectivity index (χ2n) is 11.5. The average molecular weight is 549 g/mol. The van der Waals surface area contributed by atoms with Gasteiger partial charge in [0.25, 0.3) is 0 Å². The molecule has 0 bridgehead atoms. The molecule has 2 fully saturated rings. The summed E-state index contributed by atoms with van der Waals surface area (Å²) < 4.78 is 5.51. The third kappa shape index (κ3) is 7.48. The normalized spacial score (nSPS) is 20.6. The molecule has 1 saturated heterocycles. The van der Waals surface area contributed by atoms with E-state index in [4.69, 9.17) is 22.6 Å². The highest BCUT2D eigenvalue weighted by atomic mass is 32.1. The lowest BCUT2D eigenvalue weighted by Crippen LogP contribution is -2.50. The van der Waals surface area contributed by atoms with Gasteiger partial charge in [-0.15, -0.1) is 0 Å². The molecule has 2 aliphatic rings. The maximum Gasteiger partial charge on any atom is 0.410 e. The van der Waals surface area contributed by atoms with Crippen molar-refractivity contribution >= 4 is 30.3 Å². The van der Waals surface area contributed by atoms with E-state index in [9.17, 15) is 9.59 Å².